The maximum atomic E-state index is 12.6. The molecule has 10 heteroatoms. The number of carbonyl (C=O) groups excluding carboxylic acids is 1. The van der Waals surface area contributed by atoms with Crippen molar-refractivity contribution in [2.45, 2.75) is 4.90 Å². The first-order chi connectivity index (χ1) is 15.3. The van der Waals surface area contributed by atoms with Gasteiger partial charge in [-0.2, -0.15) is 0 Å². The predicted molar refractivity (Wildman–Crippen MR) is 132 cm³/mol. The van der Waals surface area contributed by atoms with Crippen LogP contribution in [-0.2, 0) is 10.0 Å². The normalized spacial score (nSPS) is 11.2. The van der Waals surface area contributed by atoms with Gasteiger partial charge in [-0.25, -0.2) is 13.4 Å². The number of carbonyl (C=O) groups is 1. The van der Waals surface area contributed by atoms with E-state index in [0.717, 1.165) is 15.7 Å². The lowest BCUT2D eigenvalue weighted by molar-refractivity contribution is 0.102. The smallest absolute Gasteiger partial charge is 0.261 e. The first-order valence-corrected chi connectivity index (χ1v) is 12.7. The number of nitrogens with zero attached hydrogens (tertiary/aromatic N) is 1. The fourth-order valence-corrected chi connectivity index (χ4v) is 4.93. The van der Waals surface area contributed by atoms with Gasteiger partial charge in [0.05, 0.1) is 10.6 Å². The molecule has 3 aromatic carbocycles. The van der Waals surface area contributed by atoms with Crippen molar-refractivity contribution in [3.63, 3.8) is 0 Å². The maximum absolute atomic E-state index is 12.6. The molecule has 0 aliphatic heterocycles. The number of halogens is 2. The molecular weight excluding hydrogens is 534 g/mol. The zero-order chi connectivity index (χ0) is 22.7. The van der Waals surface area contributed by atoms with E-state index in [1.165, 1.54) is 59.9 Å². The summed E-state index contributed by atoms with van der Waals surface area (Å²) in [5.74, 6) is -0.339. The van der Waals surface area contributed by atoms with Gasteiger partial charge in [-0.05, 0) is 60.7 Å². The molecule has 32 heavy (non-hydrogen) atoms. The number of amides is 1. The molecule has 0 spiro atoms. The van der Waals surface area contributed by atoms with E-state index < -0.39 is 10.0 Å². The average molecular weight is 549 g/mol. The molecule has 0 unspecified atom stereocenters. The van der Waals surface area contributed by atoms with Crippen molar-refractivity contribution >= 4 is 65.6 Å². The Morgan fingerprint density at radius 3 is 2.25 bits per heavy atom. The Balaban J connectivity index is 1.42. The maximum Gasteiger partial charge on any atom is 0.261 e. The van der Waals surface area contributed by atoms with Gasteiger partial charge in [-0.1, -0.05) is 39.7 Å². The number of sulfonamides is 1. The highest BCUT2D eigenvalue weighted by molar-refractivity contribution is 9.10. The van der Waals surface area contributed by atoms with Gasteiger partial charge in [-0.3, -0.25) is 14.8 Å². The van der Waals surface area contributed by atoms with Crippen LogP contribution in [0.15, 0.2) is 87.5 Å². The second-order valence-electron chi connectivity index (χ2n) is 6.64. The topological polar surface area (TPSA) is 88.2 Å². The lowest BCUT2D eigenvalue weighted by Gasteiger charge is -2.09. The molecule has 162 valence electrons. The summed E-state index contributed by atoms with van der Waals surface area (Å²) >= 11 is 10.5. The molecular formula is C22H15BrClN3O3S2. The van der Waals surface area contributed by atoms with Crippen molar-refractivity contribution in [1.82, 2.24) is 4.98 Å². The Morgan fingerprint density at radius 2 is 1.59 bits per heavy atom. The number of anilines is 2. The van der Waals surface area contributed by atoms with Gasteiger partial charge >= 0.3 is 0 Å². The molecule has 1 heterocycles. The molecule has 0 saturated carbocycles. The number of hydrogen-bond donors (Lipinski definition) is 2. The second kappa shape index (κ2) is 9.41. The van der Waals surface area contributed by atoms with E-state index in [2.05, 4.69) is 31.0 Å². The Kier molecular flexibility index (Phi) is 6.61. The van der Waals surface area contributed by atoms with Gasteiger partial charge in [0, 0.05) is 31.7 Å². The van der Waals surface area contributed by atoms with Crippen LogP contribution in [-0.4, -0.2) is 19.3 Å². The number of nitrogens with one attached hydrogen (secondary N) is 2. The van der Waals surface area contributed by atoms with Crippen molar-refractivity contribution in [2.75, 3.05) is 10.0 Å². The molecule has 0 fully saturated rings. The number of thiazole rings is 1. The standard InChI is InChI=1S/C22H15BrClN3O3S2/c23-16-5-1-14(2-6-16)20-13-31-22(25-20)26-21(28)15-3-9-18(10-4-15)27-32(29,30)19-11-7-17(24)8-12-19/h1-13,27H,(H,25,26,28). The van der Waals surface area contributed by atoms with Gasteiger partial charge in [0.2, 0.25) is 0 Å². The van der Waals surface area contributed by atoms with E-state index in [4.69, 9.17) is 11.6 Å². The number of benzene rings is 3. The summed E-state index contributed by atoms with van der Waals surface area (Å²) in [6.45, 7) is 0. The first-order valence-electron chi connectivity index (χ1n) is 9.21. The zero-order valence-corrected chi connectivity index (χ0v) is 20.2. The third-order valence-corrected chi connectivity index (χ3v) is 7.32. The minimum atomic E-state index is -3.76. The summed E-state index contributed by atoms with van der Waals surface area (Å²) in [7, 11) is -3.76. The van der Waals surface area contributed by atoms with E-state index >= 15 is 0 Å². The summed E-state index contributed by atoms with van der Waals surface area (Å²) in [5, 5.41) is 5.56. The molecule has 4 rings (SSSR count). The highest BCUT2D eigenvalue weighted by Gasteiger charge is 2.15. The Bertz CT molecular complexity index is 1360. The summed E-state index contributed by atoms with van der Waals surface area (Å²) < 4.78 is 28.4. The van der Waals surface area contributed by atoms with Crippen molar-refractivity contribution in [3.05, 3.63) is 93.2 Å². The minimum absolute atomic E-state index is 0.0917. The van der Waals surface area contributed by atoms with E-state index in [0.29, 0.717) is 21.4 Å². The van der Waals surface area contributed by atoms with Crippen LogP contribution in [0.5, 0.6) is 0 Å². The number of aromatic nitrogens is 1. The third kappa shape index (κ3) is 5.36. The zero-order valence-electron chi connectivity index (χ0n) is 16.2. The van der Waals surface area contributed by atoms with E-state index in [1.54, 1.807) is 0 Å². The molecule has 1 amide bonds. The van der Waals surface area contributed by atoms with Crippen molar-refractivity contribution < 1.29 is 13.2 Å². The third-order valence-electron chi connectivity index (χ3n) is 4.39. The molecule has 4 aromatic rings. The highest BCUT2D eigenvalue weighted by Crippen LogP contribution is 2.26. The van der Waals surface area contributed by atoms with Crippen LogP contribution in [0, 0.1) is 0 Å². The van der Waals surface area contributed by atoms with E-state index in [-0.39, 0.29) is 10.8 Å². The van der Waals surface area contributed by atoms with Crippen molar-refractivity contribution in [3.8, 4) is 11.3 Å². The molecule has 0 atom stereocenters. The first kappa shape index (κ1) is 22.5. The Hall–Kier alpha value is -2.72. The largest absolute Gasteiger partial charge is 0.298 e. The molecule has 1 aromatic heterocycles. The number of hydrogen-bond acceptors (Lipinski definition) is 5. The fourth-order valence-electron chi connectivity index (χ4n) is 2.77. The van der Waals surface area contributed by atoms with Crippen LogP contribution < -0.4 is 10.0 Å². The molecule has 6 nitrogen and oxygen atoms in total. The van der Waals surface area contributed by atoms with Crippen molar-refractivity contribution in [2.24, 2.45) is 0 Å². The monoisotopic (exact) mass is 547 g/mol. The van der Waals surface area contributed by atoms with Crippen LogP contribution in [0.25, 0.3) is 11.3 Å². The average Bonchev–Trinajstić information content (AvgIpc) is 3.23. The predicted octanol–water partition coefficient (Wildman–Crippen LogP) is 6.28. The van der Waals surface area contributed by atoms with Crippen molar-refractivity contribution in [1.29, 1.82) is 0 Å². The number of rotatable bonds is 6. The van der Waals surface area contributed by atoms with Gasteiger partial charge in [-0.15, -0.1) is 11.3 Å². The molecule has 0 saturated heterocycles. The Morgan fingerprint density at radius 1 is 0.938 bits per heavy atom. The summed E-state index contributed by atoms with van der Waals surface area (Å²) in [6.07, 6.45) is 0. The van der Waals surface area contributed by atoms with Crippen LogP contribution >= 0.6 is 38.9 Å². The van der Waals surface area contributed by atoms with E-state index in [9.17, 15) is 13.2 Å². The molecule has 2 N–H and O–H groups in total. The molecule has 0 aliphatic rings. The Labute approximate surface area is 202 Å². The molecule has 0 aliphatic carbocycles. The lowest BCUT2D eigenvalue weighted by Crippen LogP contribution is -2.14. The van der Waals surface area contributed by atoms with Crippen LogP contribution in [0.3, 0.4) is 0 Å². The fraction of sp³-hybridized carbons (Fsp3) is 0. The lowest BCUT2D eigenvalue weighted by atomic mass is 10.2. The second-order valence-corrected chi connectivity index (χ2v) is 10.5. The van der Waals surface area contributed by atoms with Crippen LogP contribution in [0.1, 0.15) is 10.4 Å². The van der Waals surface area contributed by atoms with E-state index in [1.807, 2.05) is 29.6 Å². The SMILES string of the molecule is O=C(Nc1nc(-c2ccc(Br)cc2)cs1)c1ccc(NS(=O)(=O)c2ccc(Cl)cc2)cc1. The molecule has 0 bridgehead atoms. The van der Waals surface area contributed by atoms with Crippen LogP contribution in [0.2, 0.25) is 5.02 Å². The van der Waals surface area contributed by atoms with Gasteiger partial charge in [0.1, 0.15) is 0 Å². The molecule has 0 radical (unpaired) electrons. The van der Waals surface area contributed by atoms with Crippen LogP contribution in [0.4, 0.5) is 10.8 Å². The van der Waals surface area contributed by atoms with Gasteiger partial charge in [0.25, 0.3) is 15.9 Å². The minimum Gasteiger partial charge on any atom is -0.298 e. The van der Waals surface area contributed by atoms with Gasteiger partial charge in [0.15, 0.2) is 5.13 Å². The summed E-state index contributed by atoms with van der Waals surface area (Å²) in [5.41, 5.74) is 2.43. The quantitative estimate of drug-likeness (QED) is 0.297. The summed E-state index contributed by atoms with van der Waals surface area (Å²) in [6, 6.07) is 19.7. The van der Waals surface area contributed by atoms with Gasteiger partial charge < -0.3 is 0 Å². The highest BCUT2D eigenvalue weighted by atomic mass is 79.9. The summed E-state index contributed by atoms with van der Waals surface area (Å²) in [4.78, 5) is 17.1.